The summed E-state index contributed by atoms with van der Waals surface area (Å²) in [6.07, 6.45) is 1.60. The van der Waals surface area contributed by atoms with E-state index in [1.807, 2.05) is 4.90 Å². The van der Waals surface area contributed by atoms with Crippen molar-refractivity contribution >= 4 is 28.6 Å². The summed E-state index contributed by atoms with van der Waals surface area (Å²) in [7, 11) is 0. The summed E-state index contributed by atoms with van der Waals surface area (Å²) in [5.74, 6) is 0.689. The molecule has 1 amide bonds. The number of nitrogen functional groups attached to an aromatic ring is 1. The number of aromatic amines is 3. The number of H-pyrrole nitrogens is 3. The van der Waals surface area contributed by atoms with E-state index in [9.17, 15) is 19.5 Å². The Labute approximate surface area is 175 Å². The van der Waals surface area contributed by atoms with Gasteiger partial charge in [-0.15, -0.1) is 0 Å². The lowest BCUT2D eigenvalue weighted by atomic mass is 10.0. The number of hydrogen-bond donors (Lipinski definition) is 6. The van der Waals surface area contributed by atoms with E-state index in [1.54, 1.807) is 13.0 Å². The fraction of sp³-hybridized carbons (Fsp3) is 0.421. The number of β-amino-alcohol motifs (C(OH)–C–C–N with tert-alkyl or cyclic N) is 1. The van der Waals surface area contributed by atoms with Crippen LogP contribution in [0, 0.1) is 6.92 Å². The van der Waals surface area contributed by atoms with Gasteiger partial charge in [0, 0.05) is 31.1 Å². The molecule has 1 saturated heterocycles. The van der Waals surface area contributed by atoms with Crippen molar-refractivity contribution in [3.63, 3.8) is 0 Å². The Balaban J connectivity index is 1.39. The molecule has 1 aliphatic heterocycles. The van der Waals surface area contributed by atoms with Crippen molar-refractivity contribution in [2.45, 2.75) is 38.3 Å². The molecule has 0 bridgehead atoms. The summed E-state index contributed by atoms with van der Waals surface area (Å²) in [5.41, 5.74) is 6.37. The summed E-state index contributed by atoms with van der Waals surface area (Å²) in [4.78, 5) is 49.3. The summed E-state index contributed by atoms with van der Waals surface area (Å²) < 4.78 is 0. The van der Waals surface area contributed by atoms with Crippen LogP contribution in [0.4, 0.5) is 11.6 Å². The maximum atomic E-state index is 12.4. The van der Waals surface area contributed by atoms with Crippen molar-refractivity contribution in [2.75, 3.05) is 23.7 Å². The molecule has 0 saturated carbocycles. The Morgan fingerprint density at radius 3 is 2.90 bits per heavy atom. The van der Waals surface area contributed by atoms with Crippen molar-refractivity contribution in [1.82, 2.24) is 30.5 Å². The summed E-state index contributed by atoms with van der Waals surface area (Å²) in [5, 5.41) is 18.4. The zero-order valence-corrected chi connectivity index (χ0v) is 16.9. The first kappa shape index (κ1) is 20.6. The Hall–Kier alpha value is -3.67. The Morgan fingerprint density at radius 2 is 2.13 bits per heavy atom. The third-order valence-corrected chi connectivity index (χ3v) is 5.62. The highest BCUT2D eigenvalue weighted by atomic mass is 16.3. The van der Waals surface area contributed by atoms with E-state index in [1.165, 1.54) is 6.33 Å². The molecule has 4 heterocycles. The number of aromatic nitrogens is 5. The van der Waals surface area contributed by atoms with Crippen LogP contribution in [0.2, 0.25) is 0 Å². The summed E-state index contributed by atoms with van der Waals surface area (Å²) in [6, 6.07) is 1.48. The fourth-order valence-corrected chi connectivity index (χ4v) is 4.06. The first-order chi connectivity index (χ1) is 14.8. The van der Waals surface area contributed by atoms with Gasteiger partial charge in [-0.3, -0.25) is 24.6 Å². The highest BCUT2D eigenvalue weighted by Gasteiger charge is 2.32. The van der Waals surface area contributed by atoms with Gasteiger partial charge in [0.1, 0.15) is 23.6 Å². The SMILES string of the molecule is Cc1c(CCC(=O)NC[C@H]2C[C@@H](O)CN2c2cc(N)ncn2)c(=O)[nH]c2[nH][nH]c(=O)c12. The van der Waals surface area contributed by atoms with Crippen molar-refractivity contribution in [3.8, 4) is 0 Å². The van der Waals surface area contributed by atoms with Crippen LogP contribution < -0.4 is 27.1 Å². The van der Waals surface area contributed by atoms with Crippen molar-refractivity contribution in [1.29, 1.82) is 0 Å². The number of nitrogens with one attached hydrogen (secondary N) is 4. The molecule has 2 atom stereocenters. The number of aliphatic hydroxyl groups is 1. The van der Waals surface area contributed by atoms with Gasteiger partial charge in [0.15, 0.2) is 0 Å². The molecule has 1 fully saturated rings. The number of carbonyl (C=O) groups is 1. The van der Waals surface area contributed by atoms with Gasteiger partial charge in [0.05, 0.1) is 17.5 Å². The molecule has 164 valence electrons. The number of aliphatic hydroxyl groups excluding tert-OH is 1. The smallest absolute Gasteiger partial charge is 0.273 e. The first-order valence-corrected chi connectivity index (χ1v) is 9.94. The van der Waals surface area contributed by atoms with Gasteiger partial charge in [-0.1, -0.05) is 0 Å². The summed E-state index contributed by atoms with van der Waals surface area (Å²) >= 11 is 0. The van der Waals surface area contributed by atoms with Crippen LogP contribution in [0.5, 0.6) is 0 Å². The number of carbonyl (C=O) groups excluding carboxylic acids is 1. The molecule has 1 aliphatic rings. The minimum Gasteiger partial charge on any atom is -0.391 e. The fourth-order valence-electron chi connectivity index (χ4n) is 4.06. The maximum absolute atomic E-state index is 12.4. The van der Waals surface area contributed by atoms with E-state index < -0.39 is 6.10 Å². The van der Waals surface area contributed by atoms with Gasteiger partial charge in [0.2, 0.25) is 5.91 Å². The van der Waals surface area contributed by atoms with Crippen LogP contribution >= 0.6 is 0 Å². The zero-order chi connectivity index (χ0) is 22.1. The Morgan fingerprint density at radius 1 is 1.32 bits per heavy atom. The van der Waals surface area contributed by atoms with Crippen LogP contribution in [0.1, 0.15) is 24.0 Å². The second-order valence-electron chi connectivity index (χ2n) is 7.69. The van der Waals surface area contributed by atoms with Crippen molar-refractivity contribution in [2.24, 2.45) is 0 Å². The largest absolute Gasteiger partial charge is 0.391 e. The molecular formula is C19H24N8O4. The molecule has 31 heavy (non-hydrogen) atoms. The highest BCUT2D eigenvalue weighted by molar-refractivity contribution is 5.79. The number of nitrogens with two attached hydrogens (primary N) is 1. The number of amides is 1. The van der Waals surface area contributed by atoms with E-state index in [-0.39, 0.29) is 35.9 Å². The van der Waals surface area contributed by atoms with Gasteiger partial charge in [-0.2, -0.15) is 0 Å². The molecule has 0 aliphatic carbocycles. The number of aryl methyl sites for hydroxylation is 1. The normalized spacial score (nSPS) is 18.6. The maximum Gasteiger partial charge on any atom is 0.273 e. The zero-order valence-electron chi connectivity index (χ0n) is 16.9. The first-order valence-electron chi connectivity index (χ1n) is 9.94. The standard InChI is InChI=1S/C19H24N8O4/c1-9-12(18(30)24-17-16(9)19(31)26-25-17)2-3-15(29)21-6-10-4-11(28)7-27(10)14-5-13(20)22-8-23-14/h5,8,10-11,28H,2-4,6-7H2,1H3,(H,21,29)(H2,20,22,23)(H3,24,25,26,30,31)/t10-,11-/m1/s1. The topological polar surface area (TPSA) is 186 Å². The van der Waals surface area contributed by atoms with Gasteiger partial charge >= 0.3 is 0 Å². The van der Waals surface area contributed by atoms with E-state index in [0.29, 0.717) is 53.3 Å². The number of hydrogen-bond acceptors (Lipinski definition) is 8. The van der Waals surface area contributed by atoms with Gasteiger partial charge in [0.25, 0.3) is 11.1 Å². The van der Waals surface area contributed by atoms with Crippen LogP contribution in [0.3, 0.4) is 0 Å². The monoisotopic (exact) mass is 428 g/mol. The molecule has 0 aromatic carbocycles. The van der Waals surface area contributed by atoms with Crippen LogP contribution in [-0.4, -0.2) is 61.4 Å². The van der Waals surface area contributed by atoms with E-state index >= 15 is 0 Å². The molecular weight excluding hydrogens is 404 g/mol. The predicted molar refractivity (Wildman–Crippen MR) is 114 cm³/mol. The minimum atomic E-state index is -0.537. The molecule has 0 radical (unpaired) electrons. The van der Waals surface area contributed by atoms with E-state index in [0.717, 1.165) is 0 Å². The Kier molecular flexibility index (Phi) is 5.46. The molecule has 0 spiro atoms. The molecule has 3 aromatic heterocycles. The highest BCUT2D eigenvalue weighted by Crippen LogP contribution is 2.24. The Bertz CT molecular complexity index is 1230. The van der Waals surface area contributed by atoms with E-state index in [4.69, 9.17) is 5.73 Å². The molecule has 7 N–H and O–H groups in total. The number of fused-ring (bicyclic) bond motifs is 1. The average Bonchev–Trinajstić information content (AvgIpc) is 3.28. The number of pyridine rings is 1. The molecule has 4 rings (SSSR count). The molecule has 3 aromatic rings. The van der Waals surface area contributed by atoms with Gasteiger partial charge in [-0.25, -0.2) is 9.97 Å². The lowest BCUT2D eigenvalue weighted by Crippen LogP contribution is -2.40. The lowest BCUT2D eigenvalue weighted by Gasteiger charge is -2.25. The number of anilines is 2. The van der Waals surface area contributed by atoms with Crippen molar-refractivity contribution < 1.29 is 9.90 Å². The van der Waals surface area contributed by atoms with Gasteiger partial charge in [-0.05, 0) is 25.3 Å². The third kappa shape index (κ3) is 4.14. The number of rotatable bonds is 6. The lowest BCUT2D eigenvalue weighted by molar-refractivity contribution is -0.121. The van der Waals surface area contributed by atoms with E-state index in [2.05, 4.69) is 30.5 Å². The number of nitrogens with zero attached hydrogens (tertiary/aromatic N) is 3. The third-order valence-electron chi connectivity index (χ3n) is 5.62. The summed E-state index contributed by atoms with van der Waals surface area (Å²) in [6.45, 7) is 2.39. The van der Waals surface area contributed by atoms with Gasteiger partial charge < -0.3 is 26.0 Å². The van der Waals surface area contributed by atoms with Crippen LogP contribution in [-0.2, 0) is 11.2 Å². The second-order valence-corrected chi connectivity index (χ2v) is 7.69. The second kappa shape index (κ2) is 8.22. The molecule has 0 unspecified atom stereocenters. The molecule has 12 heteroatoms. The molecule has 12 nitrogen and oxygen atoms in total. The quantitative estimate of drug-likeness (QED) is 0.286. The van der Waals surface area contributed by atoms with Crippen LogP contribution in [0.15, 0.2) is 22.0 Å². The average molecular weight is 428 g/mol. The predicted octanol–water partition coefficient (Wildman–Crippen LogP) is -1.09. The minimum absolute atomic E-state index is 0.0908. The van der Waals surface area contributed by atoms with Crippen molar-refractivity contribution in [3.05, 3.63) is 44.2 Å². The van der Waals surface area contributed by atoms with Crippen LogP contribution in [0.25, 0.3) is 11.0 Å².